The summed E-state index contributed by atoms with van der Waals surface area (Å²) < 4.78 is 18.7. The molecule has 0 radical (unpaired) electrons. The maximum Gasteiger partial charge on any atom is 0.414 e. The summed E-state index contributed by atoms with van der Waals surface area (Å²) in [5.41, 5.74) is 2.02. The smallest absolute Gasteiger partial charge is 0.375 e. The molecule has 0 aliphatic heterocycles. The first kappa shape index (κ1) is 22.2. The van der Waals surface area contributed by atoms with Gasteiger partial charge in [0.1, 0.15) is 5.82 Å². The molecule has 1 aromatic heterocycles. The molecule has 0 aliphatic rings. The number of carbonyl (C=O) groups excluding carboxylic acids is 3. The lowest BCUT2D eigenvalue weighted by Gasteiger charge is -2.10. The van der Waals surface area contributed by atoms with E-state index in [2.05, 4.69) is 36.5 Å². The van der Waals surface area contributed by atoms with Gasteiger partial charge in [0, 0.05) is 23.9 Å². The predicted molar refractivity (Wildman–Crippen MR) is 123 cm³/mol. The molecule has 0 saturated carbocycles. The summed E-state index contributed by atoms with van der Waals surface area (Å²) >= 11 is 3.08. The fourth-order valence-corrected chi connectivity index (χ4v) is 3.50. The van der Waals surface area contributed by atoms with Gasteiger partial charge < -0.3 is 20.4 Å². The number of hydrogen-bond acceptors (Lipinski definition) is 5. The van der Waals surface area contributed by atoms with Crippen molar-refractivity contribution in [3.63, 3.8) is 0 Å². The van der Waals surface area contributed by atoms with Crippen LogP contribution >= 0.6 is 15.9 Å². The topological polar surface area (TPSA) is 113 Å². The summed E-state index contributed by atoms with van der Waals surface area (Å²) in [7, 11) is 1.42. The van der Waals surface area contributed by atoms with Crippen molar-refractivity contribution in [3.05, 3.63) is 87.6 Å². The average Bonchev–Trinajstić information content (AvgIpc) is 3.22. The zero-order chi connectivity index (χ0) is 23.5. The Bertz CT molecular complexity index is 1400. The number of nitrogens with one attached hydrogen (secondary N) is 3. The van der Waals surface area contributed by atoms with E-state index in [4.69, 9.17) is 4.74 Å². The van der Waals surface area contributed by atoms with Crippen LogP contribution in [0, 0.1) is 5.82 Å². The van der Waals surface area contributed by atoms with Crippen molar-refractivity contribution in [2.45, 2.75) is 0 Å². The van der Waals surface area contributed by atoms with Gasteiger partial charge in [-0.3, -0.25) is 9.59 Å². The van der Waals surface area contributed by atoms with Crippen molar-refractivity contribution >= 4 is 50.4 Å². The Hall–Kier alpha value is -4.05. The number of H-pyrrole nitrogens is 1. The van der Waals surface area contributed by atoms with E-state index in [0.717, 1.165) is 0 Å². The molecule has 166 valence electrons. The fourth-order valence-electron chi connectivity index (χ4n) is 3.12. The summed E-state index contributed by atoms with van der Waals surface area (Å²) in [6, 6.07) is 15.2. The number of halogens is 2. The second kappa shape index (κ2) is 9.21. The third-order valence-electron chi connectivity index (χ3n) is 4.71. The summed E-state index contributed by atoms with van der Waals surface area (Å²) in [5.74, 6) is -1.35. The highest BCUT2D eigenvalue weighted by atomic mass is 79.9. The van der Waals surface area contributed by atoms with Crippen molar-refractivity contribution in [3.8, 4) is 6.01 Å². The minimum atomic E-state index is -0.682. The molecule has 4 aromatic rings. The zero-order valence-electron chi connectivity index (χ0n) is 17.1. The first-order valence-corrected chi connectivity index (χ1v) is 10.4. The second-order valence-corrected chi connectivity index (χ2v) is 7.73. The molecule has 3 N–H and O–H groups in total. The fraction of sp³-hybridized carbons (Fsp3) is 0.0435. The van der Waals surface area contributed by atoms with Crippen LogP contribution in [0.4, 0.5) is 14.9 Å². The molecule has 0 aliphatic carbocycles. The van der Waals surface area contributed by atoms with E-state index in [1.165, 1.54) is 31.3 Å². The highest BCUT2D eigenvalue weighted by molar-refractivity contribution is 9.10. The zero-order valence-corrected chi connectivity index (χ0v) is 18.7. The maximum absolute atomic E-state index is 13.5. The van der Waals surface area contributed by atoms with Crippen molar-refractivity contribution in [1.29, 1.82) is 0 Å². The van der Waals surface area contributed by atoms with Crippen molar-refractivity contribution in [1.82, 2.24) is 15.3 Å². The SMILES string of the molecule is CNC(=O)Oc1nc2ccc(C(=O)c3ccccc3C(=O)Nc3ccc(F)c(Br)c3)cc2[nH]1. The molecule has 0 unspecified atom stereocenters. The number of aromatic nitrogens is 2. The van der Waals surface area contributed by atoms with Crippen LogP contribution in [-0.4, -0.2) is 34.8 Å². The standard InChI is InChI=1S/C23H16BrFN4O4/c1-26-23(32)33-22-28-18-9-6-12(10-19(18)29-22)20(30)14-4-2-3-5-15(14)21(31)27-13-7-8-17(25)16(24)11-13/h2-11H,1H3,(H,26,32)(H,27,31)(H,28,29). The Morgan fingerprint density at radius 2 is 1.79 bits per heavy atom. The van der Waals surface area contributed by atoms with Gasteiger partial charge in [-0.2, -0.15) is 4.98 Å². The predicted octanol–water partition coefficient (Wildman–Crippen LogP) is 4.67. The van der Waals surface area contributed by atoms with E-state index in [1.54, 1.807) is 36.4 Å². The Morgan fingerprint density at radius 3 is 2.52 bits per heavy atom. The molecule has 8 nitrogen and oxygen atoms in total. The molecule has 0 atom stereocenters. The molecule has 3 aromatic carbocycles. The Morgan fingerprint density at radius 1 is 1.03 bits per heavy atom. The number of hydrogen-bond donors (Lipinski definition) is 3. The van der Waals surface area contributed by atoms with E-state index in [1.807, 2.05) is 0 Å². The number of ketones is 1. The van der Waals surface area contributed by atoms with Crippen LogP contribution in [0.1, 0.15) is 26.3 Å². The van der Waals surface area contributed by atoms with Crippen molar-refractivity contribution in [2.75, 3.05) is 12.4 Å². The normalized spacial score (nSPS) is 10.6. The summed E-state index contributed by atoms with van der Waals surface area (Å²) in [4.78, 5) is 44.4. The molecule has 0 fully saturated rings. The van der Waals surface area contributed by atoms with Crippen LogP contribution in [-0.2, 0) is 0 Å². The summed E-state index contributed by atoms with van der Waals surface area (Å²) in [6.45, 7) is 0. The lowest BCUT2D eigenvalue weighted by atomic mass is 9.97. The third-order valence-corrected chi connectivity index (χ3v) is 5.32. The van der Waals surface area contributed by atoms with Gasteiger partial charge in [0.15, 0.2) is 5.78 Å². The van der Waals surface area contributed by atoms with Gasteiger partial charge >= 0.3 is 12.1 Å². The lowest BCUT2D eigenvalue weighted by Crippen LogP contribution is -2.22. The quantitative estimate of drug-likeness (QED) is 0.337. The molecule has 0 saturated heterocycles. The maximum atomic E-state index is 13.5. The number of imidazole rings is 1. The Labute approximate surface area is 195 Å². The number of fused-ring (bicyclic) bond motifs is 1. The molecular weight excluding hydrogens is 495 g/mol. The van der Waals surface area contributed by atoms with Crippen LogP contribution in [0.15, 0.2) is 65.1 Å². The molecule has 0 spiro atoms. The second-order valence-electron chi connectivity index (χ2n) is 6.87. The van der Waals surface area contributed by atoms with Gasteiger partial charge in [-0.1, -0.05) is 18.2 Å². The first-order valence-electron chi connectivity index (χ1n) is 9.65. The number of carbonyl (C=O) groups is 3. The van der Waals surface area contributed by atoms with Crippen molar-refractivity contribution in [2.24, 2.45) is 0 Å². The van der Waals surface area contributed by atoms with E-state index < -0.39 is 17.8 Å². The molecule has 0 bridgehead atoms. The Kier molecular flexibility index (Phi) is 6.18. The minimum Gasteiger partial charge on any atom is -0.375 e. The van der Waals surface area contributed by atoms with E-state index >= 15 is 0 Å². The largest absolute Gasteiger partial charge is 0.414 e. The molecule has 4 rings (SSSR count). The number of anilines is 1. The van der Waals surface area contributed by atoms with Gasteiger partial charge in [0.2, 0.25) is 0 Å². The number of rotatable bonds is 5. The van der Waals surface area contributed by atoms with Gasteiger partial charge in [0.05, 0.1) is 21.1 Å². The van der Waals surface area contributed by atoms with Crippen LogP contribution in [0.3, 0.4) is 0 Å². The van der Waals surface area contributed by atoms with Gasteiger partial charge in [-0.05, 0) is 58.4 Å². The monoisotopic (exact) mass is 510 g/mol. The van der Waals surface area contributed by atoms with Crippen LogP contribution < -0.4 is 15.4 Å². The van der Waals surface area contributed by atoms with E-state index in [9.17, 15) is 18.8 Å². The third kappa shape index (κ3) is 4.75. The van der Waals surface area contributed by atoms with Crippen LogP contribution in [0.5, 0.6) is 6.01 Å². The summed E-state index contributed by atoms with van der Waals surface area (Å²) in [5, 5.41) is 4.99. The number of ether oxygens (including phenoxy) is 1. The number of aromatic amines is 1. The van der Waals surface area contributed by atoms with Gasteiger partial charge in [-0.15, -0.1) is 0 Å². The first-order chi connectivity index (χ1) is 15.9. The molecule has 33 heavy (non-hydrogen) atoms. The van der Waals surface area contributed by atoms with E-state index in [0.29, 0.717) is 22.3 Å². The Balaban J connectivity index is 1.62. The number of benzene rings is 3. The van der Waals surface area contributed by atoms with Gasteiger partial charge in [0.25, 0.3) is 5.91 Å². The molecule has 2 amide bonds. The molecular formula is C23H16BrFN4O4. The molecule has 10 heteroatoms. The average molecular weight is 511 g/mol. The molecule has 1 heterocycles. The highest BCUT2D eigenvalue weighted by Crippen LogP contribution is 2.23. The lowest BCUT2D eigenvalue weighted by molar-refractivity contribution is 0.0996. The van der Waals surface area contributed by atoms with E-state index in [-0.39, 0.29) is 27.4 Å². The number of nitrogens with zero attached hydrogens (tertiary/aromatic N) is 1. The van der Waals surface area contributed by atoms with Crippen LogP contribution in [0.25, 0.3) is 11.0 Å². The van der Waals surface area contributed by atoms with Crippen LogP contribution in [0.2, 0.25) is 0 Å². The van der Waals surface area contributed by atoms with Gasteiger partial charge in [-0.25, -0.2) is 9.18 Å². The summed E-state index contributed by atoms with van der Waals surface area (Å²) in [6.07, 6.45) is -0.682. The highest BCUT2D eigenvalue weighted by Gasteiger charge is 2.19. The minimum absolute atomic E-state index is 0.0146. The number of amides is 2. The van der Waals surface area contributed by atoms with Crippen molar-refractivity contribution < 1.29 is 23.5 Å².